The molecule has 1 aliphatic rings. The molecular formula is C16H21N3S. The molecule has 0 bridgehead atoms. The van der Waals surface area contributed by atoms with Gasteiger partial charge in [-0.25, -0.2) is 0 Å². The third kappa shape index (κ3) is 3.64. The van der Waals surface area contributed by atoms with Crippen molar-refractivity contribution in [1.29, 1.82) is 0 Å². The zero-order valence-corrected chi connectivity index (χ0v) is 12.8. The van der Waals surface area contributed by atoms with Crippen molar-refractivity contribution >= 4 is 11.3 Å². The Morgan fingerprint density at radius 2 is 2.30 bits per heavy atom. The van der Waals surface area contributed by atoms with E-state index in [9.17, 15) is 0 Å². The van der Waals surface area contributed by atoms with Crippen molar-refractivity contribution in [3.8, 4) is 0 Å². The molecular weight excluding hydrogens is 266 g/mol. The first-order valence-electron chi connectivity index (χ1n) is 7.31. The van der Waals surface area contributed by atoms with Crippen molar-refractivity contribution < 1.29 is 0 Å². The van der Waals surface area contributed by atoms with Crippen molar-refractivity contribution in [2.45, 2.75) is 32.7 Å². The van der Waals surface area contributed by atoms with Gasteiger partial charge in [0.15, 0.2) is 0 Å². The first kappa shape index (κ1) is 13.7. The van der Waals surface area contributed by atoms with Crippen molar-refractivity contribution in [1.82, 2.24) is 14.9 Å². The second kappa shape index (κ2) is 6.46. The summed E-state index contributed by atoms with van der Waals surface area (Å²) in [5.41, 5.74) is 4.40. The number of aromatic nitrogens is 2. The molecule has 1 atom stereocenters. The van der Waals surface area contributed by atoms with E-state index >= 15 is 0 Å². The Morgan fingerprint density at radius 3 is 3.05 bits per heavy atom. The molecule has 1 fully saturated rings. The highest BCUT2D eigenvalue weighted by atomic mass is 32.1. The molecule has 20 heavy (non-hydrogen) atoms. The van der Waals surface area contributed by atoms with Gasteiger partial charge in [-0.1, -0.05) is 6.07 Å². The van der Waals surface area contributed by atoms with E-state index in [0.717, 1.165) is 24.6 Å². The van der Waals surface area contributed by atoms with Crippen LogP contribution in [0.3, 0.4) is 0 Å². The van der Waals surface area contributed by atoms with E-state index < -0.39 is 0 Å². The van der Waals surface area contributed by atoms with Crippen LogP contribution in [0.4, 0.5) is 0 Å². The van der Waals surface area contributed by atoms with Gasteiger partial charge in [0.1, 0.15) is 0 Å². The van der Waals surface area contributed by atoms with Crippen LogP contribution in [0.1, 0.15) is 29.0 Å². The van der Waals surface area contributed by atoms with Gasteiger partial charge < -0.3 is 0 Å². The number of aryl methyl sites for hydroxylation is 1. The lowest BCUT2D eigenvalue weighted by atomic mass is 9.92. The van der Waals surface area contributed by atoms with Crippen molar-refractivity contribution in [3.05, 3.63) is 46.2 Å². The summed E-state index contributed by atoms with van der Waals surface area (Å²) in [6.07, 6.45) is 7.85. The van der Waals surface area contributed by atoms with E-state index in [-0.39, 0.29) is 0 Å². The average Bonchev–Trinajstić information content (AvgIpc) is 2.95. The fourth-order valence-electron chi connectivity index (χ4n) is 2.95. The molecule has 2 aromatic heterocycles. The van der Waals surface area contributed by atoms with Gasteiger partial charge in [-0.15, -0.1) is 11.3 Å². The van der Waals surface area contributed by atoms with Crippen LogP contribution in [0.25, 0.3) is 0 Å². The summed E-state index contributed by atoms with van der Waals surface area (Å²) in [7, 11) is 0. The molecule has 0 unspecified atom stereocenters. The first-order valence-corrected chi connectivity index (χ1v) is 8.19. The molecule has 0 radical (unpaired) electrons. The van der Waals surface area contributed by atoms with Gasteiger partial charge in [-0.05, 0) is 50.3 Å². The van der Waals surface area contributed by atoms with Gasteiger partial charge in [0.2, 0.25) is 0 Å². The number of hydrogen-bond acceptors (Lipinski definition) is 4. The van der Waals surface area contributed by atoms with Crippen LogP contribution in [0.5, 0.6) is 0 Å². The van der Waals surface area contributed by atoms with Gasteiger partial charge >= 0.3 is 0 Å². The normalized spacial score (nSPS) is 20.1. The maximum Gasteiger partial charge on any atom is 0.0794 e. The zero-order chi connectivity index (χ0) is 13.8. The van der Waals surface area contributed by atoms with Crippen LogP contribution in [-0.2, 0) is 13.0 Å². The molecule has 0 aromatic carbocycles. The van der Waals surface area contributed by atoms with Crippen molar-refractivity contribution in [2.75, 3.05) is 13.1 Å². The molecule has 0 spiro atoms. The maximum atomic E-state index is 4.40. The minimum absolute atomic E-state index is 0.765. The van der Waals surface area contributed by atoms with Crippen LogP contribution in [-0.4, -0.2) is 28.0 Å². The lowest BCUT2D eigenvalue weighted by Crippen LogP contribution is -2.35. The summed E-state index contributed by atoms with van der Waals surface area (Å²) in [4.78, 5) is 12.5. The van der Waals surface area contributed by atoms with E-state index in [0.29, 0.717) is 0 Å². The van der Waals surface area contributed by atoms with E-state index in [1.54, 1.807) is 11.3 Å². The van der Waals surface area contributed by atoms with E-state index in [4.69, 9.17) is 0 Å². The van der Waals surface area contributed by atoms with E-state index in [1.165, 1.54) is 36.4 Å². The highest BCUT2D eigenvalue weighted by molar-refractivity contribution is 7.09. The molecule has 0 amide bonds. The lowest BCUT2D eigenvalue weighted by Gasteiger charge is -2.32. The summed E-state index contributed by atoms with van der Waals surface area (Å²) in [6, 6.07) is 4.34. The van der Waals surface area contributed by atoms with Gasteiger partial charge in [0, 0.05) is 36.1 Å². The second-order valence-electron chi connectivity index (χ2n) is 5.72. The summed E-state index contributed by atoms with van der Waals surface area (Å²) < 4.78 is 0. The Labute approximate surface area is 124 Å². The molecule has 0 N–H and O–H groups in total. The van der Waals surface area contributed by atoms with E-state index in [2.05, 4.69) is 27.0 Å². The molecule has 1 aliphatic heterocycles. The fourth-order valence-corrected chi connectivity index (χ4v) is 3.59. The van der Waals surface area contributed by atoms with Crippen LogP contribution < -0.4 is 0 Å². The number of rotatable bonds is 4. The van der Waals surface area contributed by atoms with Gasteiger partial charge in [-0.3, -0.25) is 14.9 Å². The first-order chi connectivity index (χ1) is 9.79. The summed E-state index contributed by atoms with van der Waals surface area (Å²) in [5.74, 6) is 0.765. The zero-order valence-electron chi connectivity index (χ0n) is 12.0. The van der Waals surface area contributed by atoms with Crippen LogP contribution in [0.2, 0.25) is 0 Å². The third-order valence-corrected chi connectivity index (χ3v) is 4.73. The number of pyridine rings is 1. The summed E-state index contributed by atoms with van der Waals surface area (Å²) >= 11 is 1.76. The monoisotopic (exact) mass is 287 g/mol. The molecule has 0 aliphatic carbocycles. The molecule has 3 nitrogen and oxygen atoms in total. The quantitative estimate of drug-likeness (QED) is 0.864. The highest BCUT2D eigenvalue weighted by Crippen LogP contribution is 2.22. The number of likely N-dealkylation sites (tertiary alicyclic amines) is 1. The Kier molecular flexibility index (Phi) is 4.43. The van der Waals surface area contributed by atoms with Gasteiger partial charge in [-0.2, -0.15) is 0 Å². The number of thiazole rings is 1. The number of nitrogens with zero attached hydrogens (tertiary/aromatic N) is 3. The lowest BCUT2D eigenvalue weighted by molar-refractivity contribution is 0.168. The average molecular weight is 287 g/mol. The fraction of sp³-hybridized carbons (Fsp3) is 0.500. The van der Waals surface area contributed by atoms with Crippen LogP contribution in [0.15, 0.2) is 30.0 Å². The molecule has 4 heteroatoms. The predicted octanol–water partition coefficient (Wildman–Crippen LogP) is 3.30. The topological polar surface area (TPSA) is 29.0 Å². The second-order valence-corrected chi connectivity index (χ2v) is 6.69. The summed E-state index contributed by atoms with van der Waals surface area (Å²) in [5, 5.41) is 0. The Morgan fingerprint density at radius 1 is 1.35 bits per heavy atom. The van der Waals surface area contributed by atoms with Gasteiger partial charge in [0.25, 0.3) is 0 Å². The predicted molar refractivity (Wildman–Crippen MR) is 82.8 cm³/mol. The SMILES string of the molecule is Cc1ccc(C[C@@H]2CCCN(Cc3cncs3)C2)cn1. The Bertz CT molecular complexity index is 521. The number of piperidine rings is 1. The van der Waals surface area contributed by atoms with Crippen molar-refractivity contribution in [2.24, 2.45) is 5.92 Å². The third-order valence-electron chi connectivity index (χ3n) is 3.96. The molecule has 106 valence electrons. The standard InChI is InChI=1S/C16H21N3S/c1-13-4-5-14(8-18-13)7-15-3-2-6-19(10-15)11-16-9-17-12-20-16/h4-5,8-9,12,15H,2-3,6-7,10-11H2,1H3/t15-/m0/s1. The Balaban J connectivity index is 1.56. The number of hydrogen-bond donors (Lipinski definition) is 0. The van der Waals surface area contributed by atoms with Crippen molar-refractivity contribution in [3.63, 3.8) is 0 Å². The van der Waals surface area contributed by atoms with E-state index in [1.807, 2.05) is 24.8 Å². The molecule has 3 rings (SSSR count). The molecule has 1 saturated heterocycles. The van der Waals surface area contributed by atoms with Crippen LogP contribution in [0, 0.1) is 12.8 Å². The largest absolute Gasteiger partial charge is 0.298 e. The smallest absolute Gasteiger partial charge is 0.0794 e. The minimum atomic E-state index is 0.765. The highest BCUT2D eigenvalue weighted by Gasteiger charge is 2.20. The molecule has 2 aromatic rings. The Hall–Kier alpha value is -1.26. The summed E-state index contributed by atoms with van der Waals surface area (Å²) in [6.45, 7) is 5.53. The van der Waals surface area contributed by atoms with Gasteiger partial charge in [0.05, 0.1) is 5.51 Å². The van der Waals surface area contributed by atoms with Crippen LogP contribution >= 0.6 is 11.3 Å². The molecule has 0 saturated carbocycles. The maximum absolute atomic E-state index is 4.40. The minimum Gasteiger partial charge on any atom is -0.298 e. The molecule has 3 heterocycles.